The van der Waals surface area contributed by atoms with Gasteiger partial charge in [-0.3, -0.25) is 15.0 Å². The first kappa shape index (κ1) is 14.1. The summed E-state index contributed by atoms with van der Waals surface area (Å²) in [5.41, 5.74) is 4.94. The van der Waals surface area contributed by atoms with Gasteiger partial charge in [0, 0.05) is 18.0 Å². The molecule has 0 aliphatic heterocycles. The quantitative estimate of drug-likeness (QED) is 0.684. The van der Waals surface area contributed by atoms with Crippen LogP contribution < -0.4 is 0 Å². The molecule has 0 N–H and O–H groups in total. The Labute approximate surface area is 130 Å². The molecule has 0 saturated carbocycles. The summed E-state index contributed by atoms with van der Waals surface area (Å²) in [6, 6.07) is 20.1. The van der Waals surface area contributed by atoms with E-state index in [1.807, 2.05) is 55.6 Å². The van der Waals surface area contributed by atoms with Gasteiger partial charge in [0.05, 0.1) is 23.6 Å². The number of hydrogen-bond donors (Lipinski definition) is 0. The minimum Gasteiger partial charge on any atom is -0.276 e. The van der Waals surface area contributed by atoms with Crippen molar-refractivity contribution in [1.82, 2.24) is 9.97 Å². The van der Waals surface area contributed by atoms with Crippen molar-refractivity contribution in [3.63, 3.8) is 0 Å². The maximum Gasteiger partial charge on any atom is 0.0907 e. The summed E-state index contributed by atoms with van der Waals surface area (Å²) in [6.07, 6.45) is 3.66. The fourth-order valence-electron chi connectivity index (χ4n) is 2.17. The molecular weight excluding hydrogens is 270 g/mol. The van der Waals surface area contributed by atoms with Gasteiger partial charge in [0.15, 0.2) is 0 Å². The van der Waals surface area contributed by atoms with Gasteiger partial charge in [0.1, 0.15) is 0 Å². The molecule has 2 heterocycles. The number of rotatable bonds is 4. The maximum atomic E-state index is 4.76. The molecular formula is C19H17N3. The lowest BCUT2D eigenvalue weighted by atomic mass is 10.1. The molecule has 0 spiro atoms. The van der Waals surface area contributed by atoms with Gasteiger partial charge in [-0.25, -0.2) is 0 Å². The molecule has 3 heteroatoms. The highest BCUT2D eigenvalue weighted by atomic mass is 14.8. The van der Waals surface area contributed by atoms with Crippen molar-refractivity contribution < 1.29 is 0 Å². The van der Waals surface area contributed by atoms with E-state index < -0.39 is 0 Å². The average molecular weight is 287 g/mol. The summed E-state index contributed by atoms with van der Waals surface area (Å²) in [6.45, 7) is 2.57. The molecule has 2 aromatic heterocycles. The van der Waals surface area contributed by atoms with Crippen molar-refractivity contribution in [2.45, 2.75) is 13.5 Å². The summed E-state index contributed by atoms with van der Waals surface area (Å²) in [4.78, 5) is 13.6. The van der Waals surface area contributed by atoms with Gasteiger partial charge in [-0.15, -0.1) is 0 Å². The molecule has 0 unspecified atom stereocenters. The zero-order chi connectivity index (χ0) is 15.2. The van der Waals surface area contributed by atoms with Crippen molar-refractivity contribution in [1.29, 1.82) is 0 Å². The van der Waals surface area contributed by atoms with Crippen molar-refractivity contribution >= 4 is 5.71 Å². The van der Waals surface area contributed by atoms with Crippen LogP contribution in [0.15, 0.2) is 78.0 Å². The lowest BCUT2D eigenvalue weighted by Crippen LogP contribution is -2.06. The highest BCUT2D eigenvalue weighted by molar-refractivity contribution is 6.11. The Hall–Kier alpha value is -2.81. The zero-order valence-corrected chi connectivity index (χ0v) is 12.5. The van der Waals surface area contributed by atoms with E-state index in [9.17, 15) is 0 Å². The van der Waals surface area contributed by atoms with Crippen LogP contribution >= 0.6 is 0 Å². The van der Waals surface area contributed by atoms with Crippen molar-refractivity contribution in [2.75, 3.05) is 0 Å². The number of pyridine rings is 2. The third-order valence-corrected chi connectivity index (χ3v) is 3.33. The summed E-state index contributed by atoms with van der Waals surface area (Å²) in [5.74, 6) is 0. The van der Waals surface area contributed by atoms with Gasteiger partial charge in [-0.2, -0.15) is 0 Å². The predicted octanol–water partition coefficient (Wildman–Crippen LogP) is 3.82. The summed E-state index contributed by atoms with van der Waals surface area (Å²) in [7, 11) is 0. The number of benzene rings is 1. The fraction of sp³-hybridized carbons (Fsp3) is 0.105. The Bertz CT molecular complexity index is 706. The fourth-order valence-corrected chi connectivity index (χ4v) is 2.17. The molecule has 0 atom stereocenters. The van der Waals surface area contributed by atoms with Crippen LogP contribution in [0.4, 0.5) is 0 Å². The Morgan fingerprint density at radius 3 is 2.41 bits per heavy atom. The summed E-state index contributed by atoms with van der Waals surface area (Å²) < 4.78 is 0. The van der Waals surface area contributed by atoms with Gasteiger partial charge in [-0.1, -0.05) is 42.5 Å². The monoisotopic (exact) mass is 287 g/mol. The normalized spacial score (nSPS) is 11.4. The first-order valence-electron chi connectivity index (χ1n) is 7.26. The number of aromatic nitrogens is 2. The van der Waals surface area contributed by atoms with Crippen molar-refractivity contribution in [3.8, 4) is 0 Å². The summed E-state index contributed by atoms with van der Waals surface area (Å²) >= 11 is 0. The Balaban J connectivity index is 1.95. The molecule has 0 amide bonds. The van der Waals surface area contributed by atoms with E-state index in [0.717, 1.165) is 28.2 Å². The summed E-state index contributed by atoms with van der Waals surface area (Å²) in [5, 5.41) is 0. The molecule has 3 aromatic rings. The van der Waals surface area contributed by atoms with Crippen molar-refractivity contribution in [3.05, 3.63) is 95.6 Å². The maximum absolute atomic E-state index is 4.76. The minimum absolute atomic E-state index is 0.543. The van der Waals surface area contributed by atoms with Gasteiger partial charge < -0.3 is 0 Å². The van der Waals surface area contributed by atoms with E-state index in [0.29, 0.717) is 6.54 Å². The van der Waals surface area contributed by atoms with Crippen LogP contribution in [0.2, 0.25) is 0 Å². The molecule has 0 radical (unpaired) electrons. The smallest absolute Gasteiger partial charge is 0.0907 e. The van der Waals surface area contributed by atoms with E-state index in [1.54, 1.807) is 6.20 Å². The number of aryl methyl sites for hydroxylation is 1. The molecule has 0 aliphatic rings. The van der Waals surface area contributed by atoms with Gasteiger partial charge in [0.25, 0.3) is 0 Å². The van der Waals surface area contributed by atoms with E-state index in [1.165, 1.54) is 0 Å². The van der Waals surface area contributed by atoms with E-state index >= 15 is 0 Å². The van der Waals surface area contributed by atoms with Gasteiger partial charge in [-0.05, 0) is 30.7 Å². The van der Waals surface area contributed by atoms with Crippen LogP contribution in [-0.4, -0.2) is 15.7 Å². The third kappa shape index (κ3) is 3.44. The average Bonchev–Trinajstić information content (AvgIpc) is 2.59. The number of aliphatic imine (C=N–C) groups is 1. The standard InChI is InChI=1S/C19H17N3/c1-15-10-11-17(21-13-15)14-22-19(16-7-3-2-4-8-16)18-9-5-6-12-20-18/h2-13H,14H2,1H3. The molecule has 0 saturated heterocycles. The molecule has 108 valence electrons. The molecule has 22 heavy (non-hydrogen) atoms. The first-order chi connectivity index (χ1) is 10.8. The van der Waals surface area contributed by atoms with Crippen molar-refractivity contribution in [2.24, 2.45) is 4.99 Å². The van der Waals surface area contributed by atoms with Gasteiger partial charge >= 0.3 is 0 Å². The van der Waals surface area contributed by atoms with Crippen LogP contribution in [0.3, 0.4) is 0 Å². The molecule has 1 aromatic carbocycles. The molecule has 0 fully saturated rings. The SMILES string of the molecule is Cc1ccc(CN=C(c2ccccc2)c2ccccn2)nc1. The Morgan fingerprint density at radius 1 is 0.909 bits per heavy atom. The highest BCUT2D eigenvalue weighted by Gasteiger charge is 2.07. The Kier molecular flexibility index (Phi) is 4.35. The second-order valence-electron chi connectivity index (χ2n) is 5.07. The second-order valence-corrected chi connectivity index (χ2v) is 5.07. The molecule has 0 bridgehead atoms. The lowest BCUT2D eigenvalue weighted by Gasteiger charge is -2.06. The third-order valence-electron chi connectivity index (χ3n) is 3.33. The largest absolute Gasteiger partial charge is 0.276 e. The lowest BCUT2D eigenvalue weighted by molar-refractivity contribution is 0.982. The van der Waals surface area contributed by atoms with Crippen LogP contribution in [-0.2, 0) is 6.54 Å². The van der Waals surface area contributed by atoms with Crippen LogP contribution in [0.25, 0.3) is 0 Å². The second kappa shape index (κ2) is 6.76. The van der Waals surface area contributed by atoms with Gasteiger partial charge in [0.2, 0.25) is 0 Å². The molecule has 0 aliphatic carbocycles. The first-order valence-corrected chi connectivity index (χ1v) is 7.26. The van der Waals surface area contributed by atoms with E-state index in [-0.39, 0.29) is 0 Å². The van der Waals surface area contributed by atoms with E-state index in [4.69, 9.17) is 4.99 Å². The van der Waals surface area contributed by atoms with E-state index in [2.05, 4.69) is 28.2 Å². The highest BCUT2D eigenvalue weighted by Crippen LogP contribution is 2.10. The molecule has 3 nitrogen and oxygen atoms in total. The van der Waals surface area contributed by atoms with Crippen LogP contribution in [0, 0.1) is 6.92 Å². The number of hydrogen-bond acceptors (Lipinski definition) is 3. The van der Waals surface area contributed by atoms with Crippen LogP contribution in [0.5, 0.6) is 0 Å². The Morgan fingerprint density at radius 2 is 1.73 bits per heavy atom. The molecule has 3 rings (SSSR count). The zero-order valence-electron chi connectivity index (χ0n) is 12.5. The minimum atomic E-state index is 0.543. The van der Waals surface area contributed by atoms with Crippen LogP contribution in [0.1, 0.15) is 22.5 Å². The predicted molar refractivity (Wildman–Crippen MR) is 89.0 cm³/mol. The number of nitrogens with zero attached hydrogens (tertiary/aromatic N) is 3. The topological polar surface area (TPSA) is 38.1 Å².